The van der Waals surface area contributed by atoms with Gasteiger partial charge < -0.3 is 0 Å². The van der Waals surface area contributed by atoms with Gasteiger partial charge in [0.1, 0.15) is 0 Å². The van der Waals surface area contributed by atoms with E-state index in [1.165, 1.54) is 109 Å². The van der Waals surface area contributed by atoms with Crippen molar-refractivity contribution in [2.75, 3.05) is 0 Å². The molecular formula is C60H36N2. The molecule has 0 N–H and O–H groups in total. The summed E-state index contributed by atoms with van der Waals surface area (Å²) < 4.78 is 0. The lowest BCUT2D eigenvalue weighted by Crippen LogP contribution is -1.92. The lowest BCUT2D eigenvalue weighted by molar-refractivity contribution is 1.52. The molecule has 0 fully saturated rings. The first kappa shape index (κ1) is 34.6. The Bertz CT molecular complexity index is 3490. The van der Waals surface area contributed by atoms with Crippen molar-refractivity contribution in [2.24, 2.45) is 0 Å². The van der Waals surface area contributed by atoms with Crippen LogP contribution in [0, 0.1) is 0 Å². The summed E-state index contributed by atoms with van der Waals surface area (Å²) in [5.41, 5.74) is 13.7. The molecule has 2 nitrogen and oxygen atoms in total. The summed E-state index contributed by atoms with van der Waals surface area (Å²) in [4.78, 5) is 10.8. The van der Waals surface area contributed by atoms with Crippen molar-refractivity contribution in [1.82, 2.24) is 9.97 Å². The molecule has 0 atom stereocenters. The van der Waals surface area contributed by atoms with E-state index in [2.05, 4.69) is 218 Å². The third kappa shape index (κ3) is 5.37. The summed E-state index contributed by atoms with van der Waals surface area (Å²) >= 11 is 0. The number of pyridine rings is 2. The minimum Gasteiger partial charge on any atom is -0.246 e. The molecule has 13 rings (SSSR count). The van der Waals surface area contributed by atoms with Crippen molar-refractivity contribution < 1.29 is 0 Å². The first-order chi connectivity index (χ1) is 30.7. The van der Waals surface area contributed by atoms with Gasteiger partial charge in [-0.25, -0.2) is 9.97 Å². The summed E-state index contributed by atoms with van der Waals surface area (Å²) in [5, 5.41) is 14.2. The molecule has 0 unspecified atom stereocenters. The van der Waals surface area contributed by atoms with Crippen LogP contribution in [-0.2, 0) is 0 Å². The Morgan fingerprint density at radius 2 is 0.403 bits per heavy atom. The van der Waals surface area contributed by atoms with E-state index in [0.29, 0.717) is 0 Å². The molecule has 0 saturated carbocycles. The second kappa shape index (κ2) is 13.7. The first-order valence-corrected chi connectivity index (χ1v) is 21.3. The van der Waals surface area contributed by atoms with E-state index < -0.39 is 0 Å². The third-order valence-corrected chi connectivity index (χ3v) is 13.0. The van der Waals surface area contributed by atoms with Crippen molar-refractivity contribution >= 4 is 86.7 Å². The number of hydrogen-bond donors (Lipinski definition) is 0. The lowest BCUT2D eigenvalue weighted by Gasteiger charge is -2.15. The predicted octanol–water partition coefficient (Wildman–Crippen LogP) is 16.4. The van der Waals surface area contributed by atoms with Gasteiger partial charge in [-0.3, -0.25) is 0 Å². The largest absolute Gasteiger partial charge is 0.246 e. The fourth-order valence-corrected chi connectivity index (χ4v) is 9.96. The Hall–Kier alpha value is -8.20. The number of aromatic nitrogens is 2. The van der Waals surface area contributed by atoms with Crippen LogP contribution in [0.4, 0.5) is 0 Å². The lowest BCUT2D eigenvalue weighted by atomic mass is 9.91. The van der Waals surface area contributed by atoms with Crippen LogP contribution in [-0.4, -0.2) is 9.97 Å². The Morgan fingerprint density at radius 1 is 0.177 bits per heavy atom. The number of fused-ring (bicyclic) bond motifs is 12. The molecule has 0 aliphatic rings. The summed E-state index contributed by atoms with van der Waals surface area (Å²) in [6, 6.07) is 79.3. The first-order valence-electron chi connectivity index (χ1n) is 21.3. The second-order valence-corrected chi connectivity index (χ2v) is 16.4. The Labute approximate surface area is 358 Å². The molecule has 2 heteroatoms. The van der Waals surface area contributed by atoms with Gasteiger partial charge in [0.15, 0.2) is 0 Å². The minimum absolute atomic E-state index is 1.04. The highest BCUT2D eigenvalue weighted by Gasteiger charge is 2.18. The van der Waals surface area contributed by atoms with Gasteiger partial charge in [0.2, 0.25) is 0 Å². The molecule has 0 amide bonds. The second-order valence-electron chi connectivity index (χ2n) is 16.4. The Morgan fingerprint density at radius 3 is 0.661 bits per heavy atom. The van der Waals surface area contributed by atoms with Crippen molar-refractivity contribution in [1.29, 1.82) is 0 Å². The van der Waals surface area contributed by atoms with E-state index in [9.17, 15) is 0 Å². The fourth-order valence-electron chi connectivity index (χ4n) is 9.96. The van der Waals surface area contributed by atoms with E-state index in [0.717, 1.165) is 22.1 Å². The van der Waals surface area contributed by atoms with E-state index in [-0.39, 0.29) is 0 Å². The van der Waals surface area contributed by atoms with E-state index in [1.807, 2.05) is 0 Å². The predicted molar refractivity (Wildman–Crippen MR) is 264 cm³/mol. The number of hydrogen-bond acceptors (Lipinski definition) is 2. The van der Waals surface area contributed by atoms with Crippen LogP contribution in [0.1, 0.15) is 0 Å². The van der Waals surface area contributed by atoms with E-state index in [4.69, 9.17) is 9.97 Å². The van der Waals surface area contributed by atoms with Crippen LogP contribution in [0.25, 0.3) is 131 Å². The van der Waals surface area contributed by atoms with Gasteiger partial charge in [-0.15, -0.1) is 0 Å². The summed E-state index contributed by atoms with van der Waals surface area (Å²) in [6.45, 7) is 0. The van der Waals surface area contributed by atoms with Crippen LogP contribution < -0.4 is 0 Å². The molecule has 0 radical (unpaired) electrons. The van der Waals surface area contributed by atoms with Crippen molar-refractivity contribution in [3.63, 3.8) is 0 Å². The molecule has 0 aliphatic carbocycles. The van der Waals surface area contributed by atoms with Gasteiger partial charge in [0.25, 0.3) is 0 Å². The van der Waals surface area contributed by atoms with Gasteiger partial charge in [-0.2, -0.15) is 0 Å². The maximum Gasteiger partial charge on any atom is 0.0794 e. The summed E-state index contributed by atoms with van der Waals surface area (Å²) in [7, 11) is 0. The van der Waals surface area contributed by atoms with Crippen LogP contribution in [0.2, 0.25) is 0 Å². The number of benzene rings is 11. The van der Waals surface area contributed by atoms with Crippen LogP contribution in [0.5, 0.6) is 0 Å². The van der Waals surface area contributed by atoms with Crippen molar-refractivity contribution in [2.45, 2.75) is 0 Å². The summed E-state index contributed by atoms with van der Waals surface area (Å²) in [5.74, 6) is 0. The molecular weight excluding hydrogens is 749 g/mol. The van der Waals surface area contributed by atoms with Gasteiger partial charge >= 0.3 is 0 Å². The molecule has 11 aromatic carbocycles. The SMILES string of the molecule is c1ccc2c(c1)ccc1c(-c3ccc(-c4ccc(-c5ccc(-c6c7ccc8ccccc8c7nc7c6ccc6ccccc67)cc5)cc4)cc3)c3ccc4ccccc4c3nc12. The Kier molecular flexibility index (Phi) is 7.64. The minimum atomic E-state index is 1.04. The topological polar surface area (TPSA) is 25.8 Å². The zero-order valence-electron chi connectivity index (χ0n) is 33.7. The molecule has 2 heterocycles. The van der Waals surface area contributed by atoms with E-state index in [1.54, 1.807) is 0 Å². The van der Waals surface area contributed by atoms with Crippen LogP contribution in [0.3, 0.4) is 0 Å². The molecule has 13 aromatic rings. The normalized spacial score (nSPS) is 11.9. The van der Waals surface area contributed by atoms with Crippen molar-refractivity contribution in [3.8, 4) is 44.5 Å². The highest BCUT2D eigenvalue weighted by molar-refractivity contribution is 6.22. The smallest absolute Gasteiger partial charge is 0.0794 e. The standard InChI is InChI=1S/C60H36N2/c1-5-13-47-41(9-1)29-33-51-55(52-34-30-42-10-2-6-14-48(42)58(52)61-57(47)51)45-25-21-39(22-26-45)37-17-19-38(20-18-37)40-23-27-46(28-24-40)56-53-35-31-43-11-3-7-15-49(43)59(53)62-60-50-16-8-4-12-44(50)32-36-54(56)60/h1-36H. The molecule has 0 aliphatic heterocycles. The number of rotatable bonds is 4. The number of nitrogens with zero attached hydrogens (tertiary/aromatic N) is 2. The van der Waals surface area contributed by atoms with Gasteiger partial charge in [-0.1, -0.05) is 218 Å². The molecule has 0 saturated heterocycles. The molecule has 286 valence electrons. The summed E-state index contributed by atoms with van der Waals surface area (Å²) in [6.07, 6.45) is 0. The van der Waals surface area contributed by atoms with Gasteiger partial charge in [-0.05, 0) is 54.9 Å². The van der Waals surface area contributed by atoms with Gasteiger partial charge in [0.05, 0.1) is 22.1 Å². The highest BCUT2D eigenvalue weighted by Crippen LogP contribution is 2.42. The molecule has 0 spiro atoms. The highest BCUT2D eigenvalue weighted by atomic mass is 14.7. The fraction of sp³-hybridized carbons (Fsp3) is 0. The molecule has 2 aromatic heterocycles. The van der Waals surface area contributed by atoms with E-state index >= 15 is 0 Å². The zero-order valence-corrected chi connectivity index (χ0v) is 33.7. The monoisotopic (exact) mass is 784 g/mol. The average Bonchev–Trinajstić information content (AvgIpc) is 3.35. The van der Waals surface area contributed by atoms with Crippen LogP contribution >= 0.6 is 0 Å². The third-order valence-electron chi connectivity index (χ3n) is 13.0. The maximum absolute atomic E-state index is 5.38. The van der Waals surface area contributed by atoms with Crippen LogP contribution in [0.15, 0.2) is 218 Å². The quantitative estimate of drug-likeness (QED) is 0.131. The zero-order chi connectivity index (χ0) is 40.7. The maximum atomic E-state index is 5.38. The molecule has 0 bridgehead atoms. The average molecular weight is 785 g/mol. The van der Waals surface area contributed by atoms with Gasteiger partial charge in [0, 0.05) is 54.2 Å². The Balaban J connectivity index is 0.867. The van der Waals surface area contributed by atoms with Crippen molar-refractivity contribution in [3.05, 3.63) is 218 Å². The molecule has 62 heavy (non-hydrogen) atoms.